The number of hydrogen-bond donors (Lipinski definition) is 1. The second-order valence-corrected chi connectivity index (χ2v) is 5.45. The van der Waals surface area contributed by atoms with Crippen LogP contribution >= 0.6 is 0 Å². The highest BCUT2D eigenvalue weighted by atomic mass is 16.6. The van der Waals surface area contributed by atoms with E-state index in [2.05, 4.69) is 50.3 Å². The highest BCUT2D eigenvalue weighted by Gasteiger charge is 2.18. The van der Waals surface area contributed by atoms with Crippen molar-refractivity contribution in [3.05, 3.63) is 23.8 Å². The maximum atomic E-state index is 5.66. The van der Waals surface area contributed by atoms with Gasteiger partial charge in [-0.1, -0.05) is 19.9 Å². The standard InChI is InChI=1S/C15H24N2O2/c1-11(2)16-10-13(17(3)4)12-5-6-14-15(9-12)19-8-7-18-14/h5-6,9,11,13,16H,7-8,10H2,1-4H3. The maximum absolute atomic E-state index is 5.66. The molecule has 4 heteroatoms. The predicted octanol–water partition coefficient (Wildman–Crippen LogP) is 2.06. The van der Waals surface area contributed by atoms with E-state index in [9.17, 15) is 0 Å². The van der Waals surface area contributed by atoms with Gasteiger partial charge in [0.05, 0.1) is 0 Å². The van der Waals surface area contributed by atoms with Gasteiger partial charge in [-0.15, -0.1) is 0 Å². The Morgan fingerprint density at radius 1 is 1.16 bits per heavy atom. The van der Waals surface area contributed by atoms with Crippen molar-refractivity contribution in [3.63, 3.8) is 0 Å². The van der Waals surface area contributed by atoms with Gasteiger partial charge in [0.25, 0.3) is 0 Å². The third-order valence-electron chi connectivity index (χ3n) is 3.29. The van der Waals surface area contributed by atoms with Crippen LogP contribution in [-0.2, 0) is 0 Å². The van der Waals surface area contributed by atoms with Crippen LogP contribution in [0.2, 0.25) is 0 Å². The molecular formula is C15H24N2O2. The third kappa shape index (κ3) is 3.61. The molecule has 4 nitrogen and oxygen atoms in total. The Morgan fingerprint density at radius 2 is 1.84 bits per heavy atom. The Balaban J connectivity index is 2.16. The zero-order valence-corrected chi connectivity index (χ0v) is 12.3. The molecule has 0 saturated carbocycles. The van der Waals surface area contributed by atoms with E-state index in [1.54, 1.807) is 0 Å². The summed E-state index contributed by atoms with van der Waals surface area (Å²) in [6.45, 7) is 6.52. The summed E-state index contributed by atoms with van der Waals surface area (Å²) in [7, 11) is 4.20. The number of nitrogens with zero attached hydrogens (tertiary/aromatic N) is 1. The smallest absolute Gasteiger partial charge is 0.161 e. The van der Waals surface area contributed by atoms with Gasteiger partial charge in [-0.05, 0) is 31.8 Å². The lowest BCUT2D eigenvalue weighted by Crippen LogP contribution is -2.34. The average molecular weight is 264 g/mol. The number of ether oxygens (including phenoxy) is 2. The van der Waals surface area contributed by atoms with Crippen LogP contribution in [0.15, 0.2) is 18.2 Å². The van der Waals surface area contributed by atoms with Crippen LogP contribution in [0.1, 0.15) is 25.5 Å². The molecule has 1 N–H and O–H groups in total. The van der Waals surface area contributed by atoms with Crippen molar-refractivity contribution in [2.45, 2.75) is 25.9 Å². The van der Waals surface area contributed by atoms with Gasteiger partial charge in [-0.3, -0.25) is 0 Å². The SMILES string of the molecule is CC(C)NCC(c1ccc2c(c1)OCCO2)N(C)C. The molecule has 2 rings (SSSR count). The number of fused-ring (bicyclic) bond motifs is 1. The van der Waals surface area contributed by atoms with Gasteiger partial charge in [-0.25, -0.2) is 0 Å². The zero-order chi connectivity index (χ0) is 13.8. The fourth-order valence-corrected chi connectivity index (χ4v) is 2.21. The van der Waals surface area contributed by atoms with Crippen molar-refractivity contribution in [1.82, 2.24) is 10.2 Å². The zero-order valence-electron chi connectivity index (χ0n) is 12.3. The first kappa shape index (κ1) is 14.2. The maximum Gasteiger partial charge on any atom is 0.161 e. The predicted molar refractivity (Wildman–Crippen MR) is 77.0 cm³/mol. The van der Waals surface area contributed by atoms with Gasteiger partial charge in [0.2, 0.25) is 0 Å². The summed E-state index contributed by atoms with van der Waals surface area (Å²) in [6.07, 6.45) is 0. The average Bonchev–Trinajstić information content (AvgIpc) is 2.38. The summed E-state index contributed by atoms with van der Waals surface area (Å²) in [6, 6.07) is 7.05. The fraction of sp³-hybridized carbons (Fsp3) is 0.600. The second kappa shape index (κ2) is 6.26. The molecule has 0 saturated heterocycles. The first-order chi connectivity index (χ1) is 9.08. The first-order valence-electron chi connectivity index (χ1n) is 6.87. The van der Waals surface area contributed by atoms with E-state index in [0.717, 1.165) is 18.0 Å². The van der Waals surface area contributed by atoms with Crippen LogP contribution < -0.4 is 14.8 Å². The lowest BCUT2D eigenvalue weighted by molar-refractivity contribution is 0.170. The third-order valence-corrected chi connectivity index (χ3v) is 3.29. The van der Waals surface area contributed by atoms with Gasteiger partial charge in [0.15, 0.2) is 11.5 Å². The molecule has 1 aliphatic heterocycles. The Kier molecular flexibility index (Phi) is 4.66. The molecule has 1 atom stereocenters. The topological polar surface area (TPSA) is 33.7 Å². The summed E-state index contributed by atoms with van der Waals surface area (Å²) >= 11 is 0. The molecule has 1 aliphatic rings. The lowest BCUT2D eigenvalue weighted by atomic mass is 10.0. The highest BCUT2D eigenvalue weighted by Crippen LogP contribution is 2.33. The molecule has 1 aromatic carbocycles. The number of hydrogen-bond acceptors (Lipinski definition) is 4. The molecule has 0 fully saturated rings. The van der Waals surface area contributed by atoms with Crippen LogP contribution in [0.5, 0.6) is 11.5 Å². The minimum atomic E-state index is 0.332. The summed E-state index contributed by atoms with van der Waals surface area (Å²) < 4.78 is 11.2. The van der Waals surface area contributed by atoms with Crippen molar-refractivity contribution >= 4 is 0 Å². The minimum absolute atomic E-state index is 0.332. The van der Waals surface area contributed by atoms with Crippen LogP contribution in [-0.4, -0.2) is 44.8 Å². The van der Waals surface area contributed by atoms with Crippen molar-refractivity contribution in [2.24, 2.45) is 0 Å². The Hall–Kier alpha value is -1.26. The Bertz CT molecular complexity index is 419. The van der Waals surface area contributed by atoms with Crippen LogP contribution in [0.25, 0.3) is 0 Å². The van der Waals surface area contributed by atoms with Crippen LogP contribution in [0.4, 0.5) is 0 Å². The Labute approximate surface area is 115 Å². The van der Waals surface area contributed by atoms with Gasteiger partial charge >= 0.3 is 0 Å². The summed E-state index contributed by atoms with van der Waals surface area (Å²) in [5.41, 5.74) is 1.25. The van der Waals surface area contributed by atoms with E-state index in [1.807, 2.05) is 6.07 Å². The fourth-order valence-electron chi connectivity index (χ4n) is 2.21. The molecule has 1 unspecified atom stereocenters. The summed E-state index contributed by atoms with van der Waals surface area (Å²) in [4.78, 5) is 2.22. The number of nitrogens with one attached hydrogen (secondary N) is 1. The molecule has 0 aromatic heterocycles. The van der Waals surface area contributed by atoms with Gasteiger partial charge in [0, 0.05) is 18.6 Å². The summed E-state index contributed by atoms with van der Waals surface area (Å²) in [5.74, 6) is 1.71. The van der Waals surface area contributed by atoms with Gasteiger partial charge in [0.1, 0.15) is 13.2 Å². The summed E-state index contributed by atoms with van der Waals surface area (Å²) in [5, 5.41) is 3.49. The molecule has 0 aliphatic carbocycles. The second-order valence-electron chi connectivity index (χ2n) is 5.45. The van der Waals surface area contributed by atoms with Crippen molar-refractivity contribution in [2.75, 3.05) is 33.9 Å². The van der Waals surface area contributed by atoms with E-state index >= 15 is 0 Å². The van der Waals surface area contributed by atoms with E-state index in [-0.39, 0.29) is 0 Å². The molecule has 19 heavy (non-hydrogen) atoms. The molecule has 0 bridgehead atoms. The molecule has 0 radical (unpaired) electrons. The molecule has 0 amide bonds. The van der Waals surface area contributed by atoms with E-state index in [1.165, 1.54) is 5.56 Å². The highest BCUT2D eigenvalue weighted by molar-refractivity contribution is 5.44. The number of rotatable bonds is 5. The monoisotopic (exact) mass is 264 g/mol. The molecular weight excluding hydrogens is 240 g/mol. The minimum Gasteiger partial charge on any atom is -0.486 e. The van der Waals surface area contributed by atoms with Crippen molar-refractivity contribution < 1.29 is 9.47 Å². The molecule has 0 spiro atoms. The van der Waals surface area contributed by atoms with Gasteiger partial charge < -0.3 is 19.7 Å². The molecule has 1 heterocycles. The quantitative estimate of drug-likeness (QED) is 0.882. The van der Waals surface area contributed by atoms with Gasteiger partial charge in [-0.2, -0.15) is 0 Å². The normalized spacial score (nSPS) is 15.9. The number of likely N-dealkylation sites (N-methyl/N-ethyl adjacent to an activating group) is 1. The van der Waals surface area contributed by atoms with E-state index in [0.29, 0.717) is 25.3 Å². The van der Waals surface area contributed by atoms with E-state index in [4.69, 9.17) is 9.47 Å². The molecule has 1 aromatic rings. The first-order valence-corrected chi connectivity index (χ1v) is 6.87. The van der Waals surface area contributed by atoms with Crippen LogP contribution in [0, 0.1) is 0 Å². The Morgan fingerprint density at radius 3 is 2.47 bits per heavy atom. The van der Waals surface area contributed by atoms with Crippen molar-refractivity contribution in [3.8, 4) is 11.5 Å². The van der Waals surface area contributed by atoms with Crippen molar-refractivity contribution in [1.29, 1.82) is 0 Å². The largest absolute Gasteiger partial charge is 0.486 e. The molecule has 106 valence electrons. The van der Waals surface area contributed by atoms with Crippen LogP contribution in [0.3, 0.4) is 0 Å². The lowest BCUT2D eigenvalue weighted by Gasteiger charge is -2.27. The number of benzene rings is 1. The van der Waals surface area contributed by atoms with E-state index < -0.39 is 0 Å².